The summed E-state index contributed by atoms with van der Waals surface area (Å²) in [6, 6.07) is 9.41. The Balaban J connectivity index is 2.66. The Morgan fingerprint density at radius 2 is 1.75 bits per heavy atom. The molecule has 1 rings (SSSR count). The van der Waals surface area contributed by atoms with Gasteiger partial charge in [-0.1, -0.05) is 60.8 Å². The summed E-state index contributed by atoms with van der Waals surface area (Å²) in [6.07, 6.45) is 2.48. The van der Waals surface area contributed by atoms with Crippen molar-refractivity contribution in [2.45, 2.75) is 45.7 Å². The van der Waals surface area contributed by atoms with Crippen molar-refractivity contribution in [3.05, 3.63) is 34.3 Å². The van der Waals surface area contributed by atoms with E-state index in [0.717, 1.165) is 12.5 Å². The third-order valence-electron chi connectivity index (χ3n) is 4.26. The van der Waals surface area contributed by atoms with Crippen molar-refractivity contribution in [2.75, 3.05) is 20.6 Å². The highest BCUT2D eigenvalue weighted by Gasteiger charge is 2.21. The van der Waals surface area contributed by atoms with Crippen LogP contribution in [0, 0.1) is 5.92 Å². The molecule has 0 bridgehead atoms. The van der Waals surface area contributed by atoms with Gasteiger partial charge in [-0.3, -0.25) is 0 Å². The summed E-state index contributed by atoms with van der Waals surface area (Å²) in [7, 11) is 4.38. The van der Waals surface area contributed by atoms with Crippen molar-refractivity contribution in [1.82, 2.24) is 10.2 Å². The van der Waals surface area contributed by atoms with Crippen LogP contribution in [0.1, 0.15) is 45.2 Å². The molecule has 0 heterocycles. The smallest absolute Gasteiger partial charge is 0.0303 e. The van der Waals surface area contributed by atoms with Gasteiger partial charge in [0.15, 0.2) is 0 Å². The average molecular weight is 341 g/mol. The number of nitrogens with one attached hydrogen (secondary N) is 1. The van der Waals surface area contributed by atoms with E-state index in [2.05, 4.69) is 85.3 Å². The second-order valence-corrected chi connectivity index (χ2v) is 6.61. The highest BCUT2D eigenvalue weighted by atomic mass is 79.9. The minimum absolute atomic E-state index is 0.363. The second kappa shape index (κ2) is 8.81. The Morgan fingerprint density at radius 3 is 2.25 bits per heavy atom. The van der Waals surface area contributed by atoms with Gasteiger partial charge in [-0.05, 0) is 38.6 Å². The van der Waals surface area contributed by atoms with Crippen LogP contribution in [-0.2, 0) is 0 Å². The number of halogens is 1. The van der Waals surface area contributed by atoms with Gasteiger partial charge in [0.05, 0.1) is 0 Å². The fraction of sp³-hybridized carbons (Fsp3) is 0.647. The van der Waals surface area contributed by atoms with Gasteiger partial charge in [0.2, 0.25) is 0 Å². The lowest BCUT2D eigenvalue weighted by Crippen LogP contribution is -2.43. The van der Waals surface area contributed by atoms with Crippen molar-refractivity contribution in [3.8, 4) is 0 Å². The van der Waals surface area contributed by atoms with Crippen LogP contribution in [0.3, 0.4) is 0 Å². The van der Waals surface area contributed by atoms with Crippen molar-refractivity contribution < 1.29 is 0 Å². The summed E-state index contributed by atoms with van der Waals surface area (Å²) in [6.45, 7) is 7.85. The van der Waals surface area contributed by atoms with Crippen LogP contribution >= 0.6 is 15.9 Å². The van der Waals surface area contributed by atoms with Gasteiger partial charge in [-0.15, -0.1) is 0 Å². The van der Waals surface area contributed by atoms with E-state index in [4.69, 9.17) is 0 Å². The number of hydrogen-bond donors (Lipinski definition) is 1. The summed E-state index contributed by atoms with van der Waals surface area (Å²) in [5, 5.41) is 3.70. The molecule has 0 amide bonds. The molecule has 20 heavy (non-hydrogen) atoms. The first kappa shape index (κ1) is 17.7. The molecule has 3 heteroatoms. The van der Waals surface area contributed by atoms with E-state index in [9.17, 15) is 0 Å². The number of hydrogen-bond acceptors (Lipinski definition) is 2. The second-order valence-electron chi connectivity index (χ2n) is 5.76. The van der Waals surface area contributed by atoms with E-state index in [0.29, 0.717) is 12.1 Å². The maximum absolute atomic E-state index is 3.70. The van der Waals surface area contributed by atoms with Crippen LogP contribution in [0.25, 0.3) is 0 Å². The molecule has 0 aliphatic heterocycles. The molecular formula is C17H29BrN2. The zero-order valence-electron chi connectivity index (χ0n) is 13.5. The number of rotatable bonds is 8. The van der Waals surface area contributed by atoms with E-state index in [1.165, 1.54) is 22.9 Å². The number of likely N-dealkylation sites (N-methyl/N-ethyl adjacent to an activating group) is 1. The molecule has 0 saturated heterocycles. The Morgan fingerprint density at radius 1 is 1.15 bits per heavy atom. The van der Waals surface area contributed by atoms with Gasteiger partial charge in [-0.2, -0.15) is 0 Å². The minimum Gasteiger partial charge on any atom is -0.309 e. The van der Waals surface area contributed by atoms with Crippen LogP contribution in [-0.4, -0.2) is 31.6 Å². The zero-order valence-corrected chi connectivity index (χ0v) is 15.1. The lowest BCUT2D eigenvalue weighted by molar-refractivity contribution is 0.190. The van der Waals surface area contributed by atoms with Crippen LogP contribution in [0.2, 0.25) is 0 Å². The Bertz CT molecular complexity index is 388. The van der Waals surface area contributed by atoms with E-state index >= 15 is 0 Å². The fourth-order valence-electron chi connectivity index (χ4n) is 2.84. The molecular weight excluding hydrogens is 312 g/mol. The molecule has 114 valence electrons. The van der Waals surface area contributed by atoms with Crippen LogP contribution in [0.15, 0.2) is 28.7 Å². The monoisotopic (exact) mass is 340 g/mol. The minimum atomic E-state index is 0.363. The maximum Gasteiger partial charge on any atom is 0.0303 e. The SMILES string of the molecule is CCC(CC)C(CNC(C)c1ccccc1Br)N(C)C. The quantitative estimate of drug-likeness (QED) is 0.751. The van der Waals surface area contributed by atoms with Gasteiger partial charge < -0.3 is 10.2 Å². The standard InChI is InChI=1S/C17H29BrN2/c1-6-14(7-2)17(20(4)5)12-19-13(3)15-10-8-9-11-16(15)18/h8-11,13-14,17,19H,6-7,12H2,1-5H3. The molecule has 1 N–H and O–H groups in total. The van der Waals surface area contributed by atoms with Gasteiger partial charge >= 0.3 is 0 Å². The van der Waals surface area contributed by atoms with Crippen molar-refractivity contribution >= 4 is 15.9 Å². The molecule has 0 aliphatic carbocycles. The van der Waals surface area contributed by atoms with Crippen LogP contribution in [0.4, 0.5) is 0 Å². The molecule has 2 unspecified atom stereocenters. The van der Waals surface area contributed by atoms with Crippen molar-refractivity contribution in [2.24, 2.45) is 5.92 Å². The zero-order chi connectivity index (χ0) is 15.1. The van der Waals surface area contributed by atoms with E-state index in [-0.39, 0.29) is 0 Å². The molecule has 2 atom stereocenters. The molecule has 0 spiro atoms. The van der Waals surface area contributed by atoms with E-state index in [1.54, 1.807) is 0 Å². The first-order valence-corrected chi connectivity index (χ1v) is 8.44. The van der Waals surface area contributed by atoms with Crippen LogP contribution in [0.5, 0.6) is 0 Å². The molecule has 0 aliphatic rings. The number of benzene rings is 1. The van der Waals surface area contributed by atoms with Gasteiger partial charge in [-0.25, -0.2) is 0 Å². The van der Waals surface area contributed by atoms with Crippen LogP contribution < -0.4 is 5.32 Å². The highest BCUT2D eigenvalue weighted by Crippen LogP contribution is 2.23. The molecule has 0 fully saturated rings. The van der Waals surface area contributed by atoms with Gasteiger partial charge in [0, 0.05) is 23.1 Å². The molecule has 2 nitrogen and oxygen atoms in total. The Kier molecular flexibility index (Phi) is 7.78. The van der Waals surface area contributed by atoms with Crippen molar-refractivity contribution in [1.29, 1.82) is 0 Å². The highest BCUT2D eigenvalue weighted by molar-refractivity contribution is 9.10. The molecule has 0 radical (unpaired) electrons. The summed E-state index contributed by atoms with van der Waals surface area (Å²) >= 11 is 3.64. The molecule has 1 aromatic carbocycles. The average Bonchev–Trinajstić information content (AvgIpc) is 2.43. The molecule has 0 aromatic heterocycles. The fourth-order valence-corrected chi connectivity index (χ4v) is 3.47. The van der Waals surface area contributed by atoms with E-state index < -0.39 is 0 Å². The predicted molar refractivity (Wildman–Crippen MR) is 92.1 cm³/mol. The predicted octanol–water partition coefficient (Wildman–Crippen LogP) is 4.47. The lowest BCUT2D eigenvalue weighted by Gasteiger charge is -2.32. The largest absolute Gasteiger partial charge is 0.309 e. The van der Waals surface area contributed by atoms with Gasteiger partial charge in [0.25, 0.3) is 0 Å². The maximum atomic E-state index is 3.70. The number of nitrogens with zero attached hydrogens (tertiary/aromatic N) is 1. The third kappa shape index (κ3) is 4.87. The van der Waals surface area contributed by atoms with Crippen molar-refractivity contribution in [3.63, 3.8) is 0 Å². The molecule has 0 saturated carbocycles. The first-order valence-electron chi connectivity index (χ1n) is 7.65. The Hall–Kier alpha value is -0.380. The summed E-state index contributed by atoms with van der Waals surface area (Å²) in [4.78, 5) is 2.36. The summed E-state index contributed by atoms with van der Waals surface area (Å²) in [5.74, 6) is 0.754. The first-order chi connectivity index (χ1) is 9.51. The topological polar surface area (TPSA) is 15.3 Å². The van der Waals surface area contributed by atoms with E-state index in [1.807, 2.05) is 0 Å². The van der Waals surface area contributed by atoms with Gasteiger partial charge in [0.1, 0.15) is 0 Å². The summed E-state index contributed by atoms with van der Waals surface area (Å²) < 4.78 is 1.18. The molecule has 1 aromatic rings. The Labute approximate surface area is 133 Å². The normalized spacial score (nSPS) is 14.8. The lowest BCUT2D eigenvalue weighted by atomic mass is 9.93. The summed E-state index contributed by atoms with van der Waals surface area (Å²) in [5.41, 5.74) is 1.33. The third-order valence-corrected chi connectivity index (χ3v) is 4.98.